The van der Waals surface area contributed by atoms with E-state index < -0.39 is 17.5 Å². The molecule has 0 amide bonds. The number of rotatable bonds is 7. The van der Waals surface area contributed by atoms with Crippen molar-refractivity contribution in [2.45, 2.75) is 39.0 Å². The van der Waals surface area contributed by atoms with Gasteiger partial charge in [0.05, 0.1) is 5.56 Å². The Hall–Kier alpha value is -3.07. The topological polar surface area (TPSA) is 0 Å². The molecule has 0 atom stereocenters. The lowest BCUT2D eigenvalue weighted by molar-refractivity contribution is 0.589. The lowest BCUT2D eigenvalue weighted by atomic mass is 9.96. The van der Waals surface area contributed by atoms with Crippen LogP contribution in [0.2, 0.25) is 0 Å². The predicted octanol–water partition coefficient (Wildman–Crippen LogP) is 8.71. The molecule has 0 N–H and O–H groups in total. The smallest absolute Gasteiger partial charge is 0.134 e. The van der Waals surface area contributed by atoms with Gasteiger partial charge >= 0.3 is 0 Å². The third kappa shape index (κ3) is 4.82. The van der Waals surface area contributed by atoms with Gasteiger partial charge in [0, 0.05) is 0 Å². The van der Waals surface area contributed by atoms with E-state index in [2.05, 4.69) is 25.1 Å². The van der Waals surface area contributed by atoms with Crippen molar-refractivity contribution in [1.29, 1.82) is 0 Å². The van der Waals surface area contributed by atoms with E-state index in [1.54, 1.807) is 0 Å². The monoisotopic (exact) mass is 418 g/mol. The van der Waals surface area contributed by atoms with E-state index in [-0.39, 0.29) is 11.1 Å². The van der Waals surface area contributed by atoms with Crippen LogP contribution < -0.4 is 0 Å². The maximum Gasteiger partial charge on any atom is 0.134 e. The minimum absolute atomic E-state index is 0.187. The molecule has 0 nitrogen and oxygen atoms in total. The molecule has 0 unspecified atom stereocenters. The molecule has 4 rings (SSSR count). The Morgan fingerprint density at radius 1 is 0.613 bits per heavy atom. The molecule has 0 radical (unpaired) electrons. The first kappa shape index (κ1) is 21.2. The molecule has 0 saturated carbocycles. The van der Waals surface area contributed by atoms with Gasteiger partial charge in [0.25, 0.3) is 0 Å². The Labute approximate surface area is 181 Å². The van der Waals surface area contributed by atoms with Gasteiger partial charge in [-0.15, -0.1) is 0 Å². The van der Waals surface area contributed by atoms with Gasteiger partial charge in [0.2, 0.25) is 0 Å². The van der Waals surface area contributed by atoms with Gasteiger partial charge in [-0.3, -0.25) is 0 Å². The fraction of sp³-hybridized carbons (Fsp3) is 0.214. The van der Waals surface area contributed by atoms with E-state index in [1.165, 1.54) is 61.6 Å². The first-order chi connectivity index (χ1) is 15.0. The van der Waals surface area contributed by atoms with Crippen molar-refractivity contribution >= 4 is 10.8 Å². The van der Waals surface area contributed by atoms with Crippen LogP contribution in [0.5, 0.6) is 0 Å². The molecular weight excluding hydrogens is 393 g/mol. The Bertz CT molecular complexity index is 1190. The fourth-order valence-corrected chi connectivity index (χ4v) is 4.05. The Morgan fingerprint density at radius 3 is 2.10 bits per heavy atom. The summed E-state index contributed by atoms with van der Waals surface area (Å²) in [6.07, 6.45) is 5.99. The molecule has 4 aromatic carbocycles. The molecule has 0 aromatic heterocycles. The largest absolute Gasteiger partial charge is 0.207 e. The third-order valence-electron chi connectivity index (χ3n) is 5.71. The first-order valence-corrected chi connectivity index (χ1v) is 10.8. The number of benzene rings is 4. The van der Waals surface area contributed by atoms with Gasteiger partial charge in [-0.05, 0) is 76.2 Å². The van der Waals surface area contributed by atoms with Crippen molar-refractivity contribution in [2.75, 3.05) is 0 Å². The summed E-state index contributed by atoms with van der Waals surface area (Å²) in [6, 6.07) is 20.2. The number of halogens is 3. The summed E-state index contributed by atoms with van der Waals surface area (Å²) in [4.78, 5) is 0. The molecule has 0 spiro atoms. The summed E-state index contributed by atoms with van der Waals surface area (Å²) < 4.78 is 43.1. The predicted molar refractivity (Wildman–Crippen MR) is 123 cm³/mol. The molecule has 0 saturated heterocycles. The molecule has 0 aliphatic heterocycles. The lowest BCUT2D eigenvalue weighted by Crippen LogP contribution is -1.93. The molecule has 4 aromatic rings. The number of hydrogen-bond donors (Lipinski definition) is 0. The average molecular weight is 419 g/mol. The Kier molecular flexibility index (Phi) is 6.41. The second kappa shape index (κ2) is 9.38. The van der Waals surface area contributed by atoms with Crippen LogP contribution in [0.25, 0.3) is 33.0 Å². The van der Waals surface area contributed by atoms with Crippen LogP contribution in [0.4, 0.5) is 13.2 Å². The maximum absolute atomic E-state index is 14.8. The van der Waals surface area contributed by atoms with E-state index in [4.69, 9.17) is 0 Å². The summed E-state index contributed by atoms with van der Waals surface area (Å²) in [6.45, 7) is 2.21. The quantitative estimate of drug-likeness (QED) is 0.263. The Morgan fingerprint density at radius 2 is 1.35 bits per heavy atom. The minimum atomic E-state index is -0.705. The molecule has 158 valence electrons. The van der Waals surface area contributed by atoms with Crippen LogP contribution in [0, 0.1) is 17.5 Å². The summed E-state index contributed by atoms with van der Waals surface area (Å²) >= 11 is 0. The highest BCUT2D eigenvalue weighted by molar-refractivity contribution is 5.88. The highest BCUT2D eigenvalue weighted by Crippen LogP contribution is 2.32. The molecule has 0 fully saturated rings. The minimum Gasteiger partial charge on any atom is -0.207 e. The summed E-state index contributed by atoms with van der Waals surface area (Å²) in [5, 5.41) is 2.15. The van der Waals surface area contributed by atoms with Crippen LogP contribution in [0.1, 0.15) is 38.2 Å². The van der Waals surface area contributed by atoms with Gasteiger partial charge in [0.1, 0.15) is 17.5 Å². The van der Waals surface area contributed by atoms with Gasteiger partial charge in [-0.1, -0.05) is 68.7 Å². The molecule has 0 bridgehead atoms. The highest BCUT2D eigenvalue weighted by Gasteiger charge is 2.15. The molecular formula is C28H25F3. The van der Waals surface area contributed by atoms with E-state index in [1.807, 2.05) is 18.2 Å². The van der Waals surface area contributed by atoms with Crippen LogP contribution in [0.3, 0.4) is 0 Å². The number of hydrogen-bond acceptors (Lipinski definition) is 0. The van der Waals surface area contributed by atoms with E-state index in [0.29, 0.717) is 5.56 Å². The summed E-state index contributed by atoms with van der Waals surface area (Å²) in [5.41, 5.74) is 2.49. The number of unbranched alkanes of at least 4 members (excludes halogenated alkanes) is 3. The van der Waals surface area contributed by atoms with Crippen LogP contribution >= 0.6 is 0 Å². The van der Waals surface area contributed by atoms with Crippen LogP contribution in [-0.2, 0) is 6.42 Å². The summed E-state index contributed by atoms with van der Waals surface area (Å²) in [7, 11) is 0. The van der Waals surface area contributed by atoms with Crippen LogP contribution in [0.15, 0.2) is 72.8 Å². The van der Waals surface area contributed by atoms with E-state index >= 15 is 0 Å². The average Bonchev–Trinajstić information content (AvgIpc) is 2.76. The van der Waals surface area contributed by atoms with E-state index in [9.17, 15) is 13.2 Å². The van der Waals surface area contributed by atoms with Gasteiger partial charge in [-0.2, -0.15) is 0 Å². The number of fused-ring (bicyclic) bond motifs is 1. The normalized spacial score (nSPS) is 11.2. The molecule has 31 heavy (non-hydrogen) atoms. The van der Waals surface area contributed by atoms with Gasteiger partial charge < -0.3 is 0 Å². The third-order valence-corrected chi connectivity index (χ3v) is 5.71. The zero-order valence-electron chi connectivity index (χ0n) is 17.6. The first-order valence-electron chi connectivity index (χ1n) is 10.8. The van der Waals surface area contributed by atoms with Crippen molar-refractivity contribution in [3.8, 4) is 22.3 Å². The van der Waals surface area contributed by atoms with Gasteiger partial charge in [0.15, 0.2) is 0 Å². The maximum atomic E-state index is 14.8. The molecule has 0 aliphatic carbocycles. The van der Waals surface area contributed by atoms with Gasteiger partial charge in [-0.25, -0.2) is 13.2 Å². The highest BCUT2D eigenvalue weighted by atomic mass is 19.1. The fourth-order valence-electron chi connectivity index (χ4n) is 4.05. The molecule has 0 aliphatic rings. The second-order valence-electron chi connectivity index (χ2n) is 8.03. The second-order valence-corrected chi connectivity index (χ2v) is 8.03. The standard InChI is InChI=1S/C28H25F3/c1-2-3-4-5-7-19-10-11-21-15-22(13-12-20(21)14-19)24-17-26(30)28(27(31)18-24)23-8-6-9-25(29)16-23/h6,8-18H,2-5,7H2,1H3. The lowest BCUT2D eigenvalue weighted by Gasteiger charge is -2.10. The van der Waals surface area contributed by atoms with Crippen molar-refractivity contribution in [3.63, 3.8) is 0 Å². The summed E-state index contributed by atoms with van der Waals surface area (Å²) in [5.74, 6) is -1.94. The Balaban J connectivity index is 1.62. The van der Waals surface area contributed by atoms with Crippen molar-refractivity contribution in [1.82, 2.24) is 0 Å². The zero-order chi connectivity index (χ0) is 21.8. The SMILES string of the molecule is CCCCCCc1ccc2cc(-c3cc(F)c(-c4cccc(F)c4)c(F)c3)ccc2c1. The van der Waals surface area contributed by atoms with Crippen molar-refractivity contribution in [3.05, 3.63) is 95.8 Å². The van der Waals surface area contributed by atoms with E-state index in [0.717, 1.165) is 28.8 Å². The van der Waals surface area contributed by atoms with Crippen molar-refractivity contribution < 1.29 is 13.2 Å². The van der Waals surface area contributed by atoms with Crippen molar-refractivity contribution in [2.24, 2.45) is 0 Å². The number of aryl methyl sites for hydroxylation is 1. The molecule has 0 heterocycles. The zero-order valence-corrected chi connectivity index (χ0v) is 17.6. The van der Waals surface area contributed by atoms with Crippen LogP contribution in [-0.4, -0.2) is 0 Å². The molecule has 3 heteroatoms.